The van der Waals surface area contributed by atoms with Crippen LogP contribution < -0.4 is 5.32 Å². The lowest BCUT2D eigenvalue weighted by Crippen LogP contribution is -2.48. The smallest absolute Gasteiger partial charge is 0.317 e. The van der Waals surface area contributed by atoms with E-state index in [0.29, 0.717) is 19.5 Å². The van der Waals surface area contributed by atoms with E-state index in [2.05, 4.69) is 5.32 Å². The third-order valence-electron chi connectivity index (χ3n) is 4.81. The molecule has 3 N–H and O–H groups in total. The number of nitrogens with zero attached hydrogens (tertiary/aromatic N) is 1. The van der Waals surface area contributed by atoms with Crippen LogP contribution in [-0.4, -0.2) is 53.4 Å². The Morgan fingerprint density at radius 2 is 1.90 bits per heavy atom. The van der Waals surface area contributed by atoms with Gasteiger partial charge in [-0.1, -0.05) is 12.8 Å². The van der Waals surface area contributed by atoms with Gasteiger partial charge < -0.3 is 20.4 Å². The predicted molar refractivity (Wildman–Crippen MR) is 77.9 cm³/mol. The zero-order chi connectivity index (χ0) is 15.2. The molecular weight excluding hydrogens is 272 g/mol. The van der Waals surface area contributed by atoms with Gasteiger partial charge in [-0.3, -0.25) is 4.79 Å². The molecule has 3 atom stereocenters. The minimum Gasteiger partial charge on any atom is -0.481 e. The lowest BCUT2D eigenvalue weighted by Gasteiger charge is -2.33. The van der Waals surface area contributed by atoms with Crippen molar-refractivity contribution in [3.05, 3.63) is 0 Å². The van der Waals surface area contributed by atoms with Crippen LogP contribution in [0.5, 0.6) is 0 Å². The number of amides is 2. The van der Waals surface area contributed by atoms with Crippen molar-refractivity contribution in [3.8, 4) is 0 Å². The summed E-state index contributed by atoms with van der Waals surface area (Å²) >= 11 is 0. The van der Waals surface area contributed by atoms with Crippen molar-refractivity contribution in [3.63, 3.8) is 0 Å². The Morgan fingerprint density at radius 3 is 2.62 bits per heavy atom. The Balaban J connectivity index is 1.81. The van der Waals surface area contributed by atoms with Gasteiger partial charge in [0.15, 0.2) is 0 Å². The zero-order valence-electron chi connectivity index (χ0n) is 12.5. The third kappa shape index (κ3) is 4.33. The third-order valence-corrected chi connectivity index (χ3v) is 4.81. The minimum atomic E-state index is -0.743. The van der Waals surface area contributed by atoms with Gasteiger partial charge in [-0.2, -0.15) is 0 Å². The van der Waals surface area contributed by atoms with Gasteiger partial charge >= 0.3 is 12.0 Å². The van der Waals surface area contributed by atoms with E-state index < -0.39 is 5.97 Å². The first-order valence-corrected chi connectivity index (χ1v) is 7.98. The summed E-state index contributed by atoms with van der Waals surface area (Å²) < 4.78 is 0. The van der Waals surface area contributed by atoms with Crippen molar-refractivity contribution < 1.29 is 19.8 Å². The van der Waals surface area contributed by atoms with Crippen LogP contribution in [0.4, 0.5) is 4.79 Å². The highest BCUT2D eigenvalue weighted by Crippen LogP contribution is 2.29. The van der Waals surface area contributed by atoms with Crippen molar-refractivity contribution in [2.75, 3.05) is 26.2 Å². The summed E-state index contributed by atoms with van der Waals surface area (Å²) in [5, 5.41) is 21.3. The second kappa shape index (κ2) is 7.64. The monoisotopic (exact) mass is 298 g/mol. The number of carbonyl (C=O) groups is 2. The molecule has 0 spiro atoms. The number of hydrogen-bond donors (Lipinski definition) is 3. The molecule has 1 saturated carbocycles. The van der Waals surface area contributed by atoms with E-state index in [9.17, 15) is 19.8 Å². The largest absolute Gasteiger partial charge is 0.481 e. The normalized spacial score (nSPS) is 30.0. The summed E-state index contributed by atoms with van der Waals surface area (Å²) in [5.41, 5.74) is 0. The molecule has 0 radical (unpaired) electrons. The Kier molecular flexibility index (Phi) is 5.85. The molecule has 2 fully saturated rings. The van der Waals surface area contributed by atoms with Crippen LogP contribution in [-0.2, 0) is 4.79 Å². The van der Waals surface area contributed by atoms with E-state index >= 15 is 0 Å². The molecular formula is C15H26N2O4. The SMILES string of the molecule is O=C(O)C1CCCCC1CNC(=O)N1CCCC(CO)C1. The Morgan fingerprint density at radius 1 is 1.14 bits per heavy atom. The molecule has 2 rings (SSSR count). The van der Waals surface area contributed by atoms with Crippen molar-refractivity contribution in [1.82, 2.24) is 10.2 Å². The number of piperidine rings is 1. The molecule has 0 aromatic heterocycles. The molecule has 3 unspecified atom stereocenters. The molecule has 2 aliphatic rings. The molecule has 1 aliphatic heterocycles. The lowest BCUT2D eigenvalue weighted by molar-refractivity contribution is -0.144. The first kappa shape index (κ1) is 16.1. The number of hydrogen-bond acceptors (Lipinski definition) is 3. The standard InChI is InChI=1S/C15H26N2O4/c18-10-11-4-3-7-17(9-11)15(21)16-8-12-5-1-2-6-13(12)14(19)20/h11-13,18H,1-10H2,(H,16,21)(H,19,20). The number of likely N-dealkylation sites (tertiary alicyclic amines) is 1. The van der Waals surface area contributed by atoms with Crippen molar-refractivity contribution in [2.24, 2.45) is 17.8 Å². The van der Waals surface area contributed by atoms with Gasteiger partial charge in [0.1, 0.15) is 0 Å². The maximum atomic E-state index is 12.2. The summed E-state index contributed by atoms with van der Waals surface area (Å²) in [5.74, 6) is -0.859. The van der Waals surface area contributed by atoms with E-state index in [-0.39, 0.29) is 30.4 Å². The van der Waals surface area contributed by atoms with E-state index in [1.165, 1.54) is 0 Å². The second-order valence-electron chi connectivity index (χ2n) is 6.31. The number of carboxylic acid groups (broad SMARTS) is 1. The van der Waals surface area contributed by atoms with Crippen molar-refractivity contribution in [2.45, 2.75) is 38.5 Å². The first-order chi connectivity index (χ1) is 10.1. The second-order valence-corrected chi connectivity index (χ2v) is 6.31. The molecule has 0 aromatic carbocycles. The Hall–Kier alpha value is -1.30. The number of aliphatic hydroxyl groups excluding tert-OH is 1. The van der Waals surface area contributed by atoms with Crippen LogP contribution in [0.15, 0.2) is 0 Å². The molecule has 6 heteroatoms. The molecule has 0 bridgehead atoms. The van der Waals surface area contributed by atoms with E-state index in [4.69, 9.17) is 0 Å². The molecule has 2 amide bonds. The fraction of sp³-hybridized carbons (Fsp3) is 0.867. The number of urea groups is 1. The fourth-order valence-electron chi connectivity index (χ4n) is 3.51. The van der Waals surface area contributed by atoms with Crippen LogP contribution in [0, 0.1) is 17.8 Å². The quantitative estimate of drug-likeness (QED) is 0.729. The maximum Gasteiger partial charge on any atom is 0.317 e. The van der Waals surface area contributed by atoms with E-state index in [1.807, 2.05) is 0 Å². The number of aliphatic hydroxyl groups is 1. The van der Waals surface area contributed by atoms with Gasteiger partial charge in [0.05, 0.1) is 5.92 Å². The van der Waals surface area contributed by atoms with Gasteiger partial charge in [-0.25, -0.2) is 4.79 Å². The average molecular weight is 298 g/mol. The summed E-state index contributed by atoms with van der Waals surface area (Å²) in [6.07, 6.45) is 5.47. The van der Waals surface area contributed by atoms with Crippen molar-refractivity contribution in [1.29, 1.82) is 0 Å². The highest BCUT2D eigenvalue weighted by molar-refractivity contribution is 5.74. The van der Waals surface area contributed by atoms with E-state index in [1.54, 1.807) is 4.90 Å². The van der Waals surface area contributed by atoms with E-state index in [0.717, 1.165) is 38.6 Å². The van der Waals surface area contributed by atoms with Crippen LogP contribution in [0.1, 0.15) is 38.5 Å². The molecule has 0 aromatic rings. The summed E-state index contributed by atoms with van der Waals surface area (Å²) in [4.78, 5) is 25.1. The van der Waals surface area contributed by atoms with Crippen LogP contribution >= 0.6 is 0 Å². The van der Waals surface area contributed by atoms with Crippen LogP contribution in [0.25, 0.3) is 0 Å². The molecule has 1 aliphatic carbocycles. The minimum absolute atomic E-state index is 0.0404. The van der Waals surface area contributed by atoms with Gasteiger partial charge in [0.2, 0.25) is 0 Å². The lowest BCUT2D eigenvalue weighted by atomic mass is 9.79. The highest BCUT2D eigenvalue weighted by Gasteiger charge is 2.31. The Labute approximate surface area is 125 Å². The fourth-order valence-corrected chi connectivity index (χ4v) is 3.51. The van der Waals surface area contributed by atoms with Crippen molar-refractivity contribution >= 4 is 12.0 Å². The number of carboxylic acids is 1. The van der Waals surface area contributed by atoms with Gasteiger partial charge in [-0.15, -0.1) is 0 Å². The molecule has 1 saturated heterocycles. The van der Waals surface area contributed by atoms with Crippen LogP contribution in [0.3, 0.4) is 0 Å². The molecule has 6 nitrogen and oxygen atoms in total. The molecule has 120 valence electrons. The van der Waals surface area contributed by atoms with Gasteiger partial charge in [0, 0.05) is 26.2 Å². The predicted octanol–water partition coefficient (Wildman–Crippen LogP) is 1.29. The highest BCUT2D eigenvalue weighted by atomic mass is 16.4. The number of nitrogens with one attached hydrogen (secondary N) is 1. The zero-order valence-corrected chi connectivity index (χ0v) is 12.5. The van der Waals surface area contributed by atoms with Gasteiger partial charge in [-0.05, 0) is 37.5 Å². The summed E-state index contributed by atoms with van der Waals surface area (Å²) in [7, 11) is 0. The van der Waals surface area contributed by atoms with Crippen LogP contribution in [0.2, 0.25) is 0 Å². The molecule has 21 heavy (non-hydrogen) atoms. The van der Waals surface area contributed by atoms with Gasteiger partial charge in [0.25, 0.3) is 0 Å². The first-order valence-electron chi connectivity index (χ1n) is 7.98. The maximum absolute atomic E-state index is 12.2. The average Bonchev–Trinajstić information content (AvgIpc) is 2.52. The topological polar surface area (TPSA) is 89.9 Å². The summed E-state index contributed by atoms with van der Waals surface area (Å²) in [6, 6.07) is -0.122. The number of rotatable bonds is 4. The number of carbonyl (C=O) groups excluding carboxylic acids is 1. The number of aliphatic carboxylic acids is 1. The summed E-state index contributed by atoms with van der Waals surface area (Å²) in [6.45, 7) is 1.87. The molecule has 1 heterocycles. The Bertz CT molecular complexity index is 375.